The van der Waals surface area contributed by atoms with Crippen LogP contribution >= 0.6 is 0 Å². The van der Waals surface area contributed by atoms with Crippen molar-refractivity contribution in [2.24, 2.45) is 0 Å². The number of imidazole rings is 1. The number of fused-ring (bicyclic) bond motifs is 1. The highest BCUT2D eigenvalue weighted by Crippen LogP contribution is 2.15. The number of anilines is 1. The van der Waals surface area contributed by atoms with Crippen molar-refractivity contribution in [3.63, 3.8) is 0 Å². The van der Waals surface area contributed by atoms with Gasteiger partial charge in [-0.25, -0.2) is 15.0 Å². The standard InChI is InChI=1S/C10H13N5/c1-3-4-5-11-9-8-10(13-6-12-8)15-7(2)14-9/h3-4,6H,5H2,1-2H3,(H2,11,12,13,14,15)/b4-3+. The van der Waals surface area contributed by atoms with Gasteiger partial charge in [0.2, 0.25) is 0 Å². The first-order chi connectivity index (χ1) is 7.31. The number of aromatic amines is 1. The highest BCUT2D eigenvalue weighted by Gasteiger charge is 2.06. The normalized spacial score (nSPS) is 11.3. The zero-order valence-corrected chi connectivity index (χ0v) is 8.78. The molecule has 15 heavy (non-hydrogen) atoms. The molecule has 5 heteroatoms. The maximum absolute atomic E-state index is 4.32. The van der Waals surface area contributed by atoms with Gasteiger partial charge in [-0.15, -0.1) is 0 Å². The molecule has 0 saturated carbocycles. The Kier molecular flexibility index (Phi) is 2.62. The molecule has 0 unspecified atom stereocenters. The van der Waals surface area contributed by atoms with Gasteiger partial charge in [0.1, 0.15) is 11.3 Å². The van der Waals surface area contributed by atoms with Crippen LogP contribution in [-0.4, -0.2) is 26.5 Å². The number of hydrogen-bond acceptors (Lipinski definition) is 4. The lowest BCUT2D eigenvalue weighted by atomic mass is 10.4. The van der Waals surface area contributed by atoms with E-state index < -0.39 is 0 Å². The summed E-state index contributed by atoms with van der Waals surface area (Å²) in [4.78, 5) is 15.7. The summed E-state index contributed by atoms with van der Waals surface area (Å²) >= 11 is 0. The quantitative estimate of drug-likeness (QED) is 0.744. The van der Waals surface area contributed by atoms with Crippen LogP contribution in [0.3, 0.4) is 0 Å². The Morgan fingerprint density at radius 2 is 2.33 bits per heavy atom. The minimum absolute atomic E-state index is 0.700. The molecule has 2 N–H and O–H groups in total. The maximum Gasteiger partial charge on any atom is 0.183 e. The largest absolute Gasteiger partial charge is 0.365 e. The number of aromatic nitrogens is 4. The summed E-state index contributed by atoms with van der Waals surface area (Å²) in [6.45, 7) is 4.59. The maximum atomic E-state index is 4.32. The third-order valence-corrected chi connectivity index (χ3v) is 2.02. The minimum atomic E-state index is 0.700. The van der Waals surface area contributed by atoms with Crippen molar-refractivity contribution >= 4 is 17.0 Å². The SMILES string of the molecule is C/C=C/CNc1nc(C)nc2nc[nH]c12. The molecule has 0 spiro atoms. The van der Waals surface area contributed by atoms with Gasteiger partial charge in [-0.05, 0) is 13.8 Å². The number of nitrogens with zero attached hydrogens (tertiary/aromatic N) is 3. The average Bonchev–Trinajstić information content (AvgIpc) is 2.65. The van der Waals surface area contributed by atoms with Gasteiger partial charge in [-0.2, -0.15) is 0 Å². The third kappa shape index (κ3) is 1.96. The molecule has 0 saturated heterocycles. The van der Waals surface area contributed by atoms with E-state index in [9.17, 15) is 0 Å². The summed E-state index contributed by atoms with van der Waals surface area (Å²) in [5.41, 5.74) is 1.55. The first-order valence-electron chi connectivity index (χ1n) is 4.84. The molecule has 0 radical (unpaired) electrons. The molecule has 2 aromatic rings. The van der Waals surface area contributed by atoms with Gasteiger partial charge < -0.3 is 10.3 Å². The van der Waals surface area contributed by atoms with Crippen molar-refractivity contribution in [1.82, 2.24) is 19.9 Å². The summed E-state index contributed by atoms with van der Waals surface area (Å²) in [5.74, 6) is 1.52. The molecule has 0 aliphatic carbocycles. The van der Waals surface area contributed by atoms with Crippen LogP contribution in [-0.2, 0) is 0 Å². The van der Waals surface area contributed by atoms with Crippen LogP contribution in [0.4, 0.5) is 5.82 Å². The second-order valence-electron chi connectivity index (χ2n) is 3.17. The molecule has 5 nitrogen and oxygen atoms in total. The molecule has 0 aliphatic rings. The molecule has 0 bridgehead atoms. The zero-order valence-electron chi connectivity index (χ0n) is 8.78. The average molecular weight is 203 g/mol. The molecular weight excluding hydrogens is 190 g/mol. The van der Waals surface area contributed by atoms with Gasteiger partial charge in [0.25, 0.3) is 0 Å². The Labute approximate surface area is 87.7 Å². The topological polar surface area (TPSA) is 66.5 Å². The lowest BCUT2D eigenvalue weighted by molar-refractivity contribution is 1.07. The third-order valence-electron chi connectivity index (χ3n) is 2.02. The Morgan fingerprint density at radius 3 is 3.13 bits per heavy atom. The van der Waals surface area contributed by atoms with Gasteiger partial charge in [-0.3, -0.25) is 0 Å². The predicted octanol–water partition coefficient (Wildman–Crippen LogP) is 1.65. The van der Waals surface area contributed by atoms with Gasteiger partial charge in [0, 0.05) is 6.54 Å². The Bertz CT molecular complexity index is 486. The van der Waals surface area contributed by atoms with E-state index in [0.717, 1.165) is 23.7 Å². The van der Waals surface area contributed by atoms with Crippen LogP contribution in [0.15, 0.2) is 18.5 Å². The van der Waals surface area contributed by atoms with E-state index >= 15 is 0 Å². The molecule has 0 aliphatic heterocycles. The van der Waals surface area contributed by atoms with E-state index in [1.165, 1.54) is 0 Å². The smallest absolute Gasteiger partial charge is 0.183 e. The van der Waals surface area contributed by atoms with E-state index in [2.05, 4.69) is 25.3 Å². The van der Waals surface area contributed by atoms with Gasteiger partial charge in [-0.1, -0.05) is 12.2 Å². The lowest BCUT2D eigenvalue weighted by Crippen LogP contribution is -2.03. The second-order valence-corrected chi connectivity index (χ2v) is 3.17. The summed E-state index contributed by atoms with van der Waals surface area (Å²) in [5, 5.41) is 3.21. The molecule has 0 atom stereocenters. The molecule has 0 fully saturated rings. The molecule has 2 aromatic heterocycles. The van der Waals surface area contributed by atoms with Crippen molar-refractivity contribution in [1.29, 1.82) is 0 Å². The highest BCUT2D eigenvalue weighted by molar-refractivity contribution is 5.82. The van der Waals surface area contributed by atoms with Crippen LogP contribution in [0.2, 0.25) is 0 Å². The monoisotopic (exact) mass is 203 g/mol. The van der Waals surface area contributed by atoms with Crippen molar-refractivity contribution < 1.29 is 0 Å². The highest BCUT2D eigenvalue weighted by atomic mass is 15.1. The van der Waals surface area contributed by atoms with Crippen LogP contribution in [0.25, 0.3) is 11.2 Å². The molecular formula is C10H13N5. The van der Waals surface area contributed by atoms with Crippen LogP contribution < -0.4 is 5.32 Å². The molecule has 0 aromatic carbocycles. The Hall–Kier alpha value is -1.91. The van der Waals surface area contributed by atoms with Crippen molar-refractivity contribution in [2.75, 3.05) is 11.9 Å². The zero-order chi connectivity index (χ0) is 10.7. The number of allylic oxidation sites excluding steroid dienone is 1. The Morgan fingerprint density at radius 1 is 1.47 bits per heavy atom. The lowest BCUT2D eigenvalue weighted by Gasteiger charge is -2.03. The van der Waals surface area contributed by atoms with E-state index in [4.69, 9.17) is 0 Å². The van der Waals surface area contributed by atoms with Crippen LogP contribution in [0.1, 0.15) is 12.7 Å². The fraction of sp³-hybridized carbons (Fsp3) is 0.300. The summed E-state index contributed by atoms with van der Waals surface area (Å²) in [6, 6.07) is 0. The van der Waals surface area contributed by atoms with Crippen LogP contribution in [0, 0.1) is 6.92 Å². The van der Waals surface area contributed by atoms with Crippen molar-refractivity contribution in [3.8, 4) is 0 Å². The van der Waals surface area contributed by atoms with E-state index in [0.29, 0.717) is 5.65 Å². The van der Waals surface area contributed by atoms with E-state index in [1.807, 2.05) is 26.0 Å². The number of hydrogen-bond donors (Lipinski definition) is 2. The number of rotatable bonds is 3. The van der Waals surface area contributed by atoms with Gasteiger partial charge in [0.15, 0.2) is 11.5 Å². The summed E-state index contributed by atoms with van der Waals surface area (Å²) in [7, 11) is 0. The van der Waals surface area contributed by atoms with Crippen molar-refractivity contribution in [3.05, 3.63) is 24.3 Å². The van der Waals surface area contributed by atoms with Gasteiger partial charge >= 0.3 is 0 Å². The van der Waals surface area contributed by atoms with Crippen molar-refractivity contribution in [2.45, 2.75) is 13.8 Å². The predicted molar refractivity (Wildman–Crippen MR) is 59.7 cm³/mol. The van der Waals surface area contributed by atoms with E-state index in [1.54, 1.807) is 6.33 Å². The number of aryl methyl sites for hydroxylation is 1. The fourth-order valence-corrected chi connectivity index (χ4v) is 1.34. The minimum Gasteiger partial charge on any atom is -0.365 e. The Balaban J connectivity index is 2.35. The first-order valence-corrected chi connectivity index (χ1v) is 4.84. The van der Waals surface area contributed by atoms with Gasteiger partial charge in [0.05, 0.1) is 6.33 Å². The summed E-state index contributed by atoms with van der Waals surface area (Å²) < 4.78 is 0. The number of nitrogens with one attached hydrogen (secondary N) is 2. The molecule has 2 rings (SSSR count). The first kappa shape index (κ1) is 9.64. The molecule has 0 amide bonds. The fourth-order valence-electron chi connectivity index (χ4n) is 1.34. The summed E-state index contributed by atoms with van der Waals surface area (Å²) in [6.07, 6.45) is 5.64. The van der Waals surface area contributed by atoms with E-state index in [-0.39, 0.29) is 0 Å². The van der Waals surface area contributed by atoms with Crippen LogP contribution in [0.5, 0.6) is 0 Å². The number of H-pyrrole nitrogens is 1. The molecule has 2 heterocycles. The second kappa shape index (κ2) is 4.08. The molecule has 78 valence electrons.